The molecule has 0 rings (SSSR count). The first-order chi connectivity index (χ1) is 6.99. The minimum atomic E-state index is -1.21. The number of unbranched alkanes of at least 4 members (excludes halogenated alkanes) is 2. The van der Waals surface area contributed by atoms with Crippen molar-refractivity contribution in [1.29, 1.82) is 0 Å². The predicted molar refractivity (Wildman–Crippen MR) is 55.4 cm³/mol. The molecule has 0 aliphatic heterocycles. The molecule has 0 saturated heterocycles. The smallest absolute Gasteiger partial charge is 0.328 e. The summed E-state index contributed by atoms with van der Waals surface area (Å²) in [4.78, 5) is 21.9. The maximum atomic E-state index is 11.3. The van der Waals surface area contributed by atoms with Gasteiger partial charge in [-0.05, 0) is 13.3 Å². The van der Waals surface area contributed by atoms with Crippen LogP contribution >= 0.6 is 0 Å². The van der Waals surface area contributed by atoms with Crippen LogP contribution < -0.4 is 5.32 Å². The Labute approximate surface area is 89.5 Å². The van der Waals surface area contributed by atoms with E-state index in [2.05, 4.69) is 5.32 Å². The standard InChI is InChI=1S/C10H19NO4/c1-3-4-5-6-8(13)11-9(7(2)12)10(14)15/h7,9,12H,3-6H2,1-2H3,(H,11,13)(H,14,15)/t7-,9+/m1/s1. The molecule has 0 aromatic carbocycles. The van der Waals surface area contributed by atoms with Crippen molar-refractivity contribution in [2.24, 2.45) is 0 Å². The van der Waals surface area contributed by atoms with Crippen LogP contribution in [-0.2, 0) is 9.59 Å². The summed E-state index contributed by atoms with van der Waals surface area (Å²) in [6.07, 6.45) is 1.92. The third-order valence-electron chi connectivity index (χ3n) is 2.07. The van der Waals surface area contributed by atoms with Crippen LogP contribution in [0.15, 0.2) is 0 Å². The number of aliphatic carboxylic acids is 1. The van der Waals surface area contributed by atoms with Crippen LogP contribution in [0.3, 0.4) is 0 Å². The highest BCUT2D eigenvalue weighted by atomic mass is 16.4. The molecular weight excluding hydrogens is 198 g/mol. The van der Waals surface area contributed by atoms with Gasteiger partial charge < -0.3 is 15.5 Å². The number of carboxylic acids is 1. The molecule has 0 bridgehead atoms. The van der Waals surface area contributed by atoms with Gasteiger partial charge >= 0.3 is 5.97 Å². The largest absolute Gasteiger partial charge is 0.480 e. The lowest BCUT2D eigenvalue weighted by Gasteiger charge is -2.16. The molecule has 0 aliphatic rings. The Morgan fingerprint density at radius 3 is 2.33 bits per heavy atom. The Bertz CT molecular complexity index is 215. The lowest BCUT2D eigenvalue weighted by molar-refractivity contribution is -0.144. The highest BCUT2D eigenvalue weighted by Crippen LogP contribution is 2.00. The lowest BCUT2D eigenvalue weighted by Crippen LogP contribution is -2.47. The third kappa shape index (κ3) is 6.06. The topological polar surface area (TPSA) is 86.6 Å². The first-order valence-electron chi connectivity index (χ1n) is 5.19. The number of aliphatic hydroxyl groups excluding tert-OH is 1. The second-order valence-corrected chi connectivity index (χ2v) is 3.58. The minimum Gasteiger partial charge on any atom is -0.480 e. The summed E-state index contributed by atoms with van der Waals surface area (Å²) in [5, 5.41) is 20.1. The van der Waals surface area contributed by atoms with E-state index in [1.165, 1.54) is 6.92 Å². The van der Waals surface area contributed by atoms with Gasteiger partial charge in [-0.1, -0.05) is 19.8 Å². The SMILES string of the molecule is CCCCCC(=O)N[C@H](C(=O)O)[C@@H](C)O. The zero-order chi connectivity index (χ0) is 11.8. The second kappa shape index (κ2) is 7.23. The predicted octanol–water partition coefficient (Wildman–Crippen LogP) is 0.517. The Morgan fingerprint density at radius 2 is 1.93 bits per heavy atom. The number of rotatable bonds is 7. The monoisotopic (exact) mass is 217 g/mol. The van der Waals surface area contributed by atoms with Gasteiger partial charge in [0.05, 0.1) is 6.10 Å². The fourth-order valence-electron chi connectivity index (χ4n) is 1.17. The normalized spacial score (nSPS) is 14.3. The number of amides is 1. The van der Waals surface area contributed by atoms with Gasteiger partial charge in [-0.25, -0.2) is 4.79 Å². The fourth-order valence-corrected chi connectivity index (χ4v) is 1.17. The van der Waals surface area contributed by atoms with Crippen molar-refractivity contribution >= 4 is 11.9 Å². The van der Waals surface area contributed by atoms with Gasteiger partial charge in [-0.3, -0.25) is 4.79 Å². The van der Waals surface area contributed by atoms with E-state index in [0.29, 0.717) is 6.42 Å². The van der Waals surface area contributed by atoms with E-state index in [4.69, 9.17) is 10.2 Å². The fraction of sp³-hybridized carbons (Fsp3) is 0.800. The Hall–Kier alpha value is -1.10. The van der Waals surface area contributed by atoms with E-state index in [-0.39, 0.29) is 5.91 Å². The Morgan fingerprint density at radius 1 is 1.33 bits per heavy atom. The molecule has 0 aromatic rings. The van der Waals surface area contributed by atoms with E-state index in [0.717, 1.165) is 19.3 Å². The molecule has 0 radical (unpaired) electrons. The lowest BCUT2D eigenvalue weighted by atomic mass is 10.1. The van der Waals surface area contributed by atoms with Crippen LogP contribution in [0.4, 0.5) is 0 Å². The van der Waals surface area contributed by atoms with Gasteiger partial charge in [0, 0.05) is 6.42 Å². The summed E-state index contributed by atoms with van der Waals surface area (Å²) in [5.74, 6) is -1.54. The zero-order valence-corrected chi connectivity index (χ0v) is 9.19. The van der Waals surface area contributed by atoms with Crippen LogP contribution in [0.5, 0.6) is 0 Å². The van der Waals surface area contributed by atoms with Gasteiger partial charge in [-0.2, -0.15) is 0 Å². The number of nitrogens with one attached hydrogen (secondary N) is 1. The van der Waals surface area contributed by atoms with E-state index in [1.54, 1.807) is 0 Å². The van der Waals surface area contributed by atoms with E-state index in [1.807, 2.05) is 6.92 Å². The molecule has 88 valence electrons. The number of carboxylic acid groups (broad SMARTS) is 1. The summed E-state index contributed by atoms with van der Waals surface area (Å²) < 4.78 is 0. The van der Waals surface area contributed by atoms with Crippen LogP contribution in [0.25, 0.3) is 0 Å². The molecule has 0 aliphatic carbocycles. The number of carbonyl (C=O) groups excluding carboxylic acids is 1. The molecule has 0 spiro atoms. The third-order valence-corrected chi connectivity index (χ3v) is 2.07. The van der Waals surface area contributed by atoms with Crippen molar-refractivity contribution in [1.82, 2.24) is 5.32 Å². The van der Waals surface area contributed by atoms with Crippen LogP contribution in [0, 0.1) is 0 Å². The summed E-state index contributed by atoms with van der Waals surface area (Å²) in [6.45, 7) is 3.36. The Kier molecular flexibility index (Phi) is 6.70. The van der Waals surface area contributed by atoms with Crippen LogP contribution in [-0.4, -0.2) is 34.2 Å². The van der Waals surface area contributed by atoms with Crippen LogP contribution in [0.2, 0.25) is 0 Å². The van der Waals surface area contributed by atoms with Crippen molar-refractivity contribution < 1.29 is 19.8 Å². The Balaban J connectivity index is 3.95. The maximum absolute atomic E-state index is 11.3. The zero-order valence-electron chi connectivity index (χ0n) is 9.19. The molecule has 5 nitrogen and oxygen atoms in total. The number of hydrogen-bond acceptors (Lipinski definition) is 3. The molecule has 15 heavy (non-hydrogen) atoms. The molecule has 0 heterocycles. The first kappa shape index (κ1) is 13.9. The number of carbonyl (C=O) groups is 2. The van der Waals surface area contributed by atoms with Gasteiger partial charge in [0.1, 0.15) is 0 Å². The molecule has 3 N–H and O–H groups in total. The first-order valence-corrected chi connectivity index (χ1v) is 5.19. The molecule has 1 amide bonds. The minimum absolute atomic E-state index is 0.310. The molecule has 0 unspecified atom stereocenters. The van der Waals surface area contributed by atoms with E-state index < -0.39 is 18.1 Å². The maximum Gasteiger partial charge on any atom is 0.328 e. The van der Waals surface area contributed by atoms with Crippen molar-refractivity contribution in [3.05, 3.63) is 0 Å². The second-order valence-electron chi connectivity index (χ2n) is 3.58. The van der Waals surface area contributed by atoms with Gasteiger partial charge in [0.25, 0.3) is 0 Å². The summed E-state index contributed by atoms with van der Waals surface area (Å²) in [7, 11) is 0. The molecule has 0 fully saturated rings. The van der Waals surface area contributed by atoms with E-state index in [9.17, 15) is 9.59 Å². The molecule has 0 aromatic heterocycles. The summed E-state index contributed by atoms with van der Waals surface area (Å²) in [6, 6.07) is -1.21. The molecular formula is C10H19NO4. The molecule has 2 atom stereocenters. The average Bonchev–Trinajstić information content (AvgIpc) is 2.13. The van der Waals surface area contributed by atoms with Crippen LogP contribution in [0.1, 0.15) is 39.5 Å². The number of aliphatic hydroxyl groups is 1. The van der Waals surface area contributed by atoms with Gasteiger partial charge in [-0.15, -0.1) is 0 Å². The van der Waals surface area contributed by atoms with Gasteiger partial charge in [0.2, 0.25) is 5.91 Å². The highest BCUT2D eigenvalue weighted by molar-refractivity contribution is 5.83. The quantitative estimate of drug-likeness (QED) is 0.542. The van der Waals surface area contributed by atoms with Crippen molar-refractivity contribution in [3.63, 3.8) is 0 Å². The van der Waals surface area contributed by atoms with Crippen molar-refractivity contribution in [2.75, 3.05) is 0 Å². The van der Waals surface area contributed by atoms with Gasteiger partial charge in [0.15, 0.2) is 6.04 Å². The van der Waals surface area contributed by atoms with E-state index >= 15 is 0 Å². The van der Waals surface area contributed by atoms with Crippen molar-refractivity contribution in [3.8, 4) is 0 Å². The number of hydrogen-bond donors (Lipinski definition) is 3. The average molecular weight is 217 g/mol. The summed E-state index contributed by atoms with van der Waals surface area (Å²) >= 11 is 0. The highest BCUT2D eigenvalue weighted by Gasteiger charge is 2.24. The summed E-state index contributed by atoms with van der Waals surface area (Å²) in [5.41, 5.74) is 0. The molecule has 5 heteroatoms. The van der Waals surface area contributed by atoms with Crippen molar-refractivity contribution in [2.45, 2.75) is 51.7 Å². The molecule has 0 saturated carbocycles.